The lowest BCUT2D eigenvalue weighted by Gasteiger charge is -2.06. The molecule has 0 N–H and O–H groups in total. The number of hydrogen-bond acceptors (Lipinski definition) is 3. The van der Waals surface area contributed by atoms with Crippen molar-refractivity contribution in [2.45, 2.75) is 20.3 Å². The van der Waals surface area contributed by atoms with E-state index in [1.54, 1.807) is 0 Å². The van der Waals surface area contributed by atoms with E-state index in [4.69, 9.17) is 10.00 Å². The van der Waals surface area contributed by atoms with Gasteiger partial charge < -0.3 is 4.74 Å². The topological polar surface area (TPSA) is 50.1 Å². The van der Waals surface area contributed by atoms with Gasteiger partial charge in [0.05, 0.1) is 19.1 Å². The van der Waals surface area contributed by atoms with Crippen LogP contribution < -0.4 is 0 Å². The summed E-state index contributed by atoms with van der Waals surface area (Å²) in [4.78, 5) is 11.0. The average Bonchev–Trinajstić information content (AvgIpc) is 2.00. The molecule has 0 bridgehead atoms. The highest BCUT2D eigenvalue weighted by molar-refractivity contribution is 5.88. The van der Waals surface area contributed by atoms with Gasteiger partial charge in [-0.15, -0.1) is 0 Å². The molecule has 66 valence electrons. The lowest BCUT2D eigenvalue weighted by Crippen LogP contribution is -2.11. The van der Waals surface area contributed by atoms with Gasteiger partial charge in [0.25, 0.3) is 0 Å². The third-order valence-corrected chi connectivity index (χ3v) is 1.13. The first-order valence-electron chi connectivity index (χ1n) is 3.79. The van der Waals surface area contributed by atoms with Crippen molar-refractivity contribution in [1.82, 2.24) is 0 Å². The van der Waals surface area contributed by atoms with Gasteiger partial charge in [-0.05, 0) is 5.92 Å². The minimum atomic E-state index is -0.467. The van der Waals surface area contributed by atoms with E-state index in [2.05, 4.69) is 6.58 Å². The number of rotatable bonds is 4. The molecule has 0 unspecified atom stereocenters. The fraction of sp³-hybridized carbons (Fsp3) is 0.556. The van der Waals surface area contributed by atoms with Crippen LogP contribution in [0.3, 0.4) is 0 Å². The summed E-state index contributed by atoms with van der Waals surface area (Å²) < 4.78 is 4.83. The van der Waals surface area contributed by atoms with E-state index < -0.39 is 5.97 Å². The van der Waals surface area contributed by atoms with Gasteiger partial charge in [0.1, 0.15) is 0 Å². The highest BCUT2D eigenvalue weighted by atomic mass is 16.5. The fourth-order valence-electron chi connectivity index (χ4n) is 0.512. The van der Waals surface area contributed by atoms with Crippen molar-refractivity contribution in [1.29, 1.82) is 5.26 Å². The molecule has 0 amide bonds. The van der Waals surface area contributed by atoms with Crippen LogP contribution in [0.1, 0.15) is 20.3 Å². The molecule has 0 saturated heterocycles. The third kappa shape index (κ3) is 4.51. The molecule has 0 heterocycles. The molecule has 3 heteroatoms. The summed E-state index contributed by atoms with van der Waals surface area (Å²) in [5, 5.41) is 8.24. The smallest absolute Gasteiger partial charge is 0.334 e. The minimum absolute atomic E-state index is 0.0386. The molecule has 0 aromatic rings. The van der Waals surface area contributed by atoms with E-state index in [9.17, 15) is 4.79 Å². The van der Waals surface area contributed by atoms with Gasteiger partial charge in [-0.3, -0.25) is 0 Å². The van der Waals surface area contributed by atoms with Crippen molar-refractivity contribution in [2.24, 2.45) is 5.92 Å². The summed E-state index contributed by atoms with van der Waals surface area (Å²) in [6, 6.07) is 1.84. The zero-order chi connectivity index (χ0) is 9.56. The van der Waals surface area contributed by atoms with Crippen LogP contribution in [0.5, 0.6) is 0 Å². The normalized spacial score (nSPS) is 9.17. The van der Waals surface area contributed by atoms with Crippen LogP contribution in [-0.2, 0) is 9.53 Å². The van der Waals surface area contributed by atoms with Crippen molar-refractivity contribution < 1.29 is 9.53 Å². The second-order valence-electron chi connectivity index (χ2n) is 2.93. The predicted molar refractivity (Wildman–Crippen MR) is 45.2 cm³/mol. The van der Waals surface area contributed by atoms with Crippen LogP contribution in [0.4, 0.5) is 0 Å². The molecule has 0 saturated carbocycles. The Hall–Kier alpha value is -1.30. The lowest BCUT2D eigenvalue weighted by atomic mass is 10.2. The summed E-state index contributed by atoms with van der Waals surface area (Å²) in [6.07, 6.45) is 0.0386. The summed E-state index contributed by atoms with van der Waals surface area (Å²) in [7, 11) is 0. The van der Waals surface area contributed by atoms with Crippen LogP contribution in [0.2, 0.25) is 0 Å². The number of esters is 1. The van der Waals surface area contributed by atoms with Gasteiger partial charge in [0, 0.05) is 5.57 Å². The summed E-state index contributed by atoms with van der Waals surface area (Å²) in [5.74, 6) is -0.158. The highest BCUT2D eigenvalue weighted by Gasteiger charge is 2.07. The maximum absolute atomic E-state index is 11.0. The van der Waals surface area contributed by atoms with Crippen LogP contribution in [-0.4, -0.2) is 12.6 Å². The first-order chi connectivity index (χ1) is 5.57. The average molecular weight is 167 g/mol. The van der Waals surface area contributed by atoms with Crippen LogP contribution in [0.15, 0.2) is 12.2 Å². The Morgan fingerprint density at radius 1 is 1.67 bits per heavy atom. The van der Waals surface area contributed by atoms with Crippen molar-refractivity contribution in [3.63, 3.8) is 0 Å². The molecule has 0 fully saturated rings. The Morgan fingerprint density at radius 3 is 2.67 bits per heavy atom. The monoisotopic (exact) mass is 167 g/mol. The summed E-state index contributed by atoms with van der Waals surface area (Å²) in [5.41, 5.74) is 0.221. The van der Waals surface area contributed by atoms with Crippen LogP contribution in [0, 0.1) is 17.2 Å². The summed E-state index contributed by atoms with van der Waals surface area (Å²) in [6.45, 7) is 7.69. The molecule has 0 aliphatic heterocycles. The van der Waals surface area contributed by atoms with Crippen molar-refractivity contribution in [3.8, 4) is 6.07 Å². The molecule has 0 aromatic heterocycles. The third-order valence-electron chi connectivity index (χ3n) is 1.13. The number of nitrogens with zero attached hydrogens (tertiary/aromatic N) is 1. The molecule has 0 aliphatic rings. The highest BCUT2D eigenvalue weighted by Crippen LogP contribution is 2.01. The van der Waals surface area contributed by atoms with Gasteiger partial charge in [0.15, 0.2) is 0 Å². The van der Waals surface area contributed by atoms with Gasteiger partial charge in [0.2, 0.25) is 0 Å². The van der Waals surface area contributed by atoms with E-state index in [0.29, 0.717) is 12.5 Å². The maximum Gasteiger partial charge on any atom is 0.334 e. The number of carbonyl (C=O) groups is 1. The maximum atomic E-state index is 11.0. The van der Waals surface area contributed by atoms with E-state index in [-0.39, 0.29) is 12.0 Å². The molecule has 0 rings (SSSR count). The van der Waals surface area contributed by atoms with Crippen molar-refractivity contribution >= 4 is 5.97 Å². The first kappa shape index (κ1) is 10.7. The van der Waals surface area contributed by atoms with Gasteiger partial charge in [-0.25, -0.2) is 4.79 Å². The molecule has 0 atom stereocenters. The molecule has 0 aromatic carbocycles. The molecular formula is C9H13NO2. The Labute approximate surface area is 72.6 Å². The molecule has 0 spiro atoms. The Bertz CT molecular complexity index is 213. The fourth-order valence-corrected chi connectivity index (χ4v) is 0.512. The number of hydrogen-bond donors (Lipinski definition) is 0. The van der Waals surface area contributed by atoms with E-state index in [0.717, 1.165) is 0 Å². The molecule has 3 nitrogen and oxygen atoms in total. The standard InChI is InChI=1S/C9H13NO2/c1-7(2)6-12-9(11)8(3)4-5-10/h7H,3-4,6H2,1-2H3. The number of ether oxygens (including phenoxy) is 1. The summed E-state index contributed by atoms with van der Waals surface area (Å²) >= 11 is 0. The van der Waals surface area contributed by atoms with E-state index in [1.807, 2.05) is 19.9 Å². The van der Waals surface area contributed by atoms with Crippen molar-refractivity contribution in [2.75, 3.05) is 6.61 Å². The zero-order valence-corrected chi connectivity index (χ0v) is 7.46. The molecule has 0 radical (unpaired) electrons. The number of nitriles is 1. The van der Waals surface area contributed by atoms with Crippen LogP contribution in [0.25, 0.3) is 0 Å². The number of carbonyl (C=O) groups excluding carboxylic acids is 1. The largest absolute Gasteiger partial charge is 0.462 e. The Balaban J connectivity index is 3.74. The zero-order valence-electron chi connectivity index (χ0n) is 7.46. The van der Waals surface area contributed by atoms with Crippen molar-refractivity contribution in [3.05, 3.63) is 12.2 Å². The van der Waals surface area contributed by atoms with E-state index in [1.165, 1.54) is 0 Å². The molecule has 0 aliphatic carbocycles. The quantitative estimate of drug-likeness (QED) is 0.472. The lowest BCUT2D eigenvalue weighted by molar-refractivity contribution is -0.140. The van der Waals surface area contributed by atoms with Gasteiger partial charge >= 0.3 is 5.97 Å². The molecular weight excluding hydrogens is 154 g/mol. The SMILES string of the molecule is C=C(CC#N)C(=O)OCC(C)C. The second kappa shape index (κ2) is 5.36. The van der Waals surface area contributed by atoms with Gasteiger partial charge in [-0.1, -0.05) is 20.4 Å². The van der Waals surface area contributed by atoms with Gasteiger partial charge in [-0.2, -0.15) is 5.26 Å². The minimum Gasteiger partial charge on any atom is -0.462 e. The molecule has 12 heavy (non-hydrogen) atoms. The Morgan fingerprint density at radius 2 is 2.25 bits per heavy atom. The first-order valence-corrected chi connectivity index (χ1v) is 3.79. The van der Waals surface area contributed by atoms with E-state index >= 15 is 0 Å². The predicted octanol–water partition coefficient (Wildman–Crippen LogP) is 1.66. The Kier molecular flexibility index (Phi) is 4.78. The van der Waals surface area contributed by atoms with Crippen LogP contribution >= 0.6 is 0 Å². The second-order valence-corrected chi connectivity index (χ2v) is 2.93.